The second-order valence-corrected chi connectivity index (χ2v) is 9.32. The average Bonchev–Trinajstić information content (AvgIpc) is 2.79. The summed E-state index contributed by atoms with van der Waals surface area (Å²) >= 11 is 6.78. The zero-order valence-corrected chi connectivity index (χ0v) is 16.4. The molecule has 1 aromatic carbocycles. The highest BCUT2D eigenvalue weighted by Crippen LogP contribution is 2.31. The van der Waals surface area contributed by atoms with Crippen LogP contribution in [0.3, 0.4) is 0 Å². The largest absolute Gasteiger partial charge is 0.302 e. The van der Waals surface area contributed by atoms with Crippen LogP contribution in [0.1, 0.15) is 18.4 Å². The maximum atomic E-state index is 12.8. The summed E-state index contributed by atoms with van der Waals surface area (Å²) in [7, 11) is 0.217. The van der Waals surface area contributed by atoms with E-state index in [-0.39, 0.29) is 0 Å². The van der Waals surface area contributed by atoms with Gasteiger partial charge in [0.1, 0.15) is 0 Å². The molecule has 0 aliphatic carbocycles. The first-order valence-electron chi connectivity index (χ1n) is 6.85. The third kappa shape index (κ3) is 3.69. The maximum Gasteiger partial charge on any atom is 0.244 e. The summed E-state index contributed by atoms with van der Waals surface area (Å²) in [5, 5.41) is 0. The van der Waals surface area contributed by atoms with Gasteiger partial charge in [0.25, 0.3) is 0 Å². The summed E-state index contributed by atoms with van der Waals surface area (Å²) in [6, 6.07) is 3.80. The van der Waals surface area contributed by atoms with Gasteiger partial charge in [-0.3, -0.25) is 0 Å². The van der Waals surface area contributed by atoms with Crippen LogP contribution in [0.15, 0.2) is 26.0 Å². The minimum atomic E-state index is -3.49. The molecular weight excluding hydrogens is 420 g/mol. The highest BCUT2D eigenvalue weighted by Gasteiger charge is 2.29. The molecule has 7 heteroatoms. The van der Waals surface area contributed by atoms with E-state index in [1.54, 1.807) is 13.1 Å². The number of hydrogen-bond donors (Lipinski definition) is 0. The zero-order chi connectivity index (χ0) is 15.8. The van der Waals surface area contributed by atoms with Crippen LogP contribution in [0.25, 0.3) is 0 Å². The lowest BCUT2D eigenvalue weighted by Gasteiger charge is -2.26. The summed E-state index contributed by atoms with van der Waals surface area (Å²) in [6.07, 6.45) is 2.18. The van der Waals surface area contributed by atoms with E-state index in [4.69, 9.17) is 0 Å². The molecule has 0 spiro atoms. The minimum absolute atomic E-state index is 0.303. The predicted molar refractivity (Wildman–Crippen MR) is 92.0 cm³/mol. The minimum Gasteiger partial charge on any atom is -0.302 e. The Kier molecular flexibility index (Phi) is 5.52. The molecule has 0 aromatic heterocycles. The highest BCUT2D eigenvalue weighted by molar-refractivity contribution is 9.11. The van der Waals surface area contributed by atoms with Crippen LogP contribution < -0.4 is 0 Å². The SMILES string of the molecule is Cc1cc(Br)c(S(=O)(=O)N(C)CC2CCCN2C)cc1Br. The predicted octanol–water partition coefficient (Wildman–Crippen LogP) is 3.23. The first-order valence-corrected chi connectivity index (χ1v) is 9.88. The molecule has 0 N–H and O–H groups in total. The molecule has 1 atom stereocenters. The van der Waals surface area contributed by atoms with Gasteiger partial charge in [-0.15, -0.1) is 0 Å². The van der Waals surface area contributed by atoms with Crippen molar-refractivity contribution in [1.82, 2.24) is 9.21 Å². The molecule has 0 radical (unpaired) electrons. The fraction of sp³-hybridized carbons (Fsp3) is 0.571. The summed E-state index contributed by atoms with van der Waals surface area (Å²) < 4.78 is 28.4. The molecule has 118 valence electrons. The van der Waals surface area contributed by atoms with Crippen LogP contribution in [0.4, 0.5) is 0 Å². The first-order chi connectivity index (χ1) is 9.73. The number of benzene rings is 1. The Labute approximate surface area is 143 Å². The molecule has 1 fully saturated rings. The number of likely N-dealkylation sites (N-methyl/N-ethyl adjacent to an activating group) is 2. The van der Waals surface area contributed by atoms with E-state index in [1.807, 2.05) is 13.0 Å². The van der Waals surface area contributed by atoms with E-state index >= 15 is 0 Å². The monoisotopic (exact) mass is 438 g/mol. The average molecular weight is 440 g/mol. The van der Waals surface area contributed by atoms with Crippen molar-refractivity contribution in [3.8, 4) is 0 Å². The molecule has 21 heavy (non-hydrogen) atoms. The van der Waals surface area contributed by atoms with Crippen molar-refractivity contribution < 1.29 is 8.42 Å². The van der Waals surface area contributed by atoms with Crippen molar-refractivity contribution in [2.45, 2.75) is 30.7 Å². The molecule has 1 aliphatic rings. The van der Waals surface area contributed by atoms with Gasteiger partial charge in [0.15, 0.2) is 0 Å². The van der Waals surface area contributed by atoms with Crippen molar-refractivity contribution in [1.29, 1.82) is 0 Å². The summed E-state index contributed by atoms with van der Waals surface area (Å²) in [5.41, 5.74) is 0.999. The Morgan fingerprint density at radius 1 is 1.33 bits per heavy atom. The number of nitrogens with zero attached hydrogens (tertiary/aromatic N) is 2. The van der Waals surface area contributed by atoms with Gasteiger partial charge in [0.05, 0.1) is 4.90 Å². The lowest BCUT2D eigenvalue weighted by molar-refractivity contribution is 0.271. The molecule has 1 aromatic rings. The van der Waals surface area contributed by atoms with E-state index in [0.717, 1.165) is 29.4 Å². The molecule has 1 heterocycles. The van der Waals surface area contributed by atoms with Crippen molar-refractivity contribution in [2.75, 3.05) is 27.2 Å². The van der Waals surface area contributed by atoms with Gasteiger partial charge >= 0.3 is 0 Å². The normalized spacial score (nSPS) is 20.4. The number of rotatable bonds is 4. The van der Waals surface area contributed by atoms with Crippen LogP contribution in [0.5, 0.6) is 0 Å². The molecule has 1 unspecified atom stereocenters. The number of likely N-dealkylation sites (tertiary alicyclic amines) is 1. The van der Waals surface area contributed by atoms with Gasteiger partial charge in [-0.25, -0.2) is 8.42 Å². The van der Waals surface area contributed by atoms with Gasteiger partial charge < -0.3 is 4.90 Å². The van der Waals surface area contributed by atoms with Crippen LogP contribution in [-0.2, 0) is 10.0 Å². The number of sulfonamides is 1. The van der Waals surface area contributed by atoms with Gasteiger partial charge in [-0.2, -0.15) is 4.31 Å². The van der Waals surface area contributed by atoms with Gasteiger partial charge in [0.2, 0.25) is 10.0 Å². The first kappa shape index (κ1) is 17.4. The smallest absolute Gasteiger partial charge is 0.244 e. The maximum absolute atomic E-state index is 12.8. The zero-order valence-electron chi connectivity index (χ0n) is 12.4. The quantitative estimate of drug-likeness (QED) is 0.722. The van der Waals surface area contributed by atoms with E-state index in [0.29, 0.717) is 22.0 Å². The second-order valence-electron chi connectivity index (χ2n) is 5.59. The lowest BCUT2D eigenvalue weighted by atomic mass is 10.2. The van der Waals surface area contributed by atoms with Gasteiger partial charge in [0, 0.05) is 28.6 Å². The van der Waals surface area contributed by atoms with Crippen LogP contribution in [0.2, 0.25) is 0 Å². The van der Waals surface area contributed by atoms with Gasteiger partial charge in [-0.05, 0) is 67.0 Å². The second kappa shape index (κ2) is 6.66. The molecule has 0 bridgehead atoms. The van der Waals surface area contributed by atoms with Gasteiger partial charge in [-0.1, -0.05) is 15.9 Å². The molecule has 1 aliphatic heterocycles. The van der Waals surface area contributed by atoms with E-state index in [9.17, 15) is 8.42 Å². The van der Waals surface area contributed by atoms with Crippen molar-refractivity contribution in [3.05, 3.63) is 26.6 Å². The molecule has 0 amide bonds. The van der Waals surface area contributed by atoms with Crippen molar-refractivity contribution >= 4 is 41.9 Å². The highest BCUT2D eigenvalue weighted by atomic mass is 79.9. The Bertz CT molecular complexity index is 634. The fourth-order valence-corrected chi connectivity index (χ4v) is 5.44. The Hall–Kier alpha value is 0.0500. The fourth-order valence-electron chi connectivity index (χ4n) is 2.60. The standard InChI is InChI=1S/C14H20Br2N2O2S/c1-10-7-13(16)14(8-12(10)15)21(19,20)18(3)9-11-5-4-6-17(11)2/h7-8,11H,4-6,9H2,1-3H3. The van der Waals surface area contributed by atoms with E-state index < -0.39 is 10.0 Å². The Morgan fingerprint density at radius 3 is 2.57 bits per heavy atom. The molecule has 4 nitrogen and oxygen atoms in total. The summed E-state index contributed by atoms with van der Waals surface area (Å²) in [5.74, 6) is 0. The number of halogens is 2. The number of hydrogen-bond acceptors (Lipinski definition) is 3. The topological polar surface area (TPSA) is 40.6 Å². The van der Waals surface area contributed by atoms with Crippen LogP contribution in [-0.4, -0.2) is 50.8 Å². The van der Waals surface area contributed by atoms with Crippen molar-refractivity contribution in [2.24, 2.45) is 0 Å². The van der Waals surface area contributed by atoms with E-state index in [1.165, 1.54) is 4.31 Å². The van der Waals surface area contributed by atoms with Crippen molar-refractivity contribution in [3.63, 3.8) is 0 Å². The molecule has 0 saturated carbocycles. The third-order valence-electron chi connectivity index (χ3n) is 4.04. The number of aryl methyl sites for hydroxylation is 1. The summed E-state index contributed by atoms with van der Waals surface area (Å²) in [6.45, 7) is 3.50. The Balaban J connectivity index is 2.27. The molecular formula is C14H20Br2N2O2S. The third-order valence-corrected chi connectivity index (χ3v) is 7.68. The molecule has 2 rings (SSSR count). The van der Waals surface area contributed by atoms with E-state index in [2.05, 4.69) is 43.8 Å². The Morgan fingerprint density at radius 2 is 2.00 bits per heavy atom. The van der Waals surface area contributed by atoms with Crippen LogP contribution >= 0.6 is 31.9 Å². The van der Waals surface area contributed by atoms with Crippen LogP contribution in [0, 0.1) is 6.92 Å². The lowest BCUT2D eigenvalue weighted by Crippen LogP contribution is -2.39. The summed E-state index contributed by atoms with van der Waals surface area (Å²) in [4.78, 5) is 2.54. The molecule has 1 saturated heterocycles.